The minimum atomic E-state index is -0.657. The van der Waals surface area contributed by atoms with Crippen molar-refractivity contribution < 1.29 is 14.3 Å². The van der Waals surface area contributed by atoms with Crippen LogP contribution in [0.15, 0.2) is 53.3 Å². The molecule has 0 fully saturated rings. The van der Waals surface area contributed by atoms with Crippen LogP contribution >= 0.6 is 0 Å². The molecule has 0 atom stereocenters. The first kappa shape index (κ1) is 20.0. The van der Waals surface area contributed by atoms with Crippen molar-refractivity contribution in [1.82, 2.24) is 20.3 Å². The van der Waals surface area contributed by atoms with Crippen molar-refractivity contribution in [3.8, 4) is 5.75 Å². The predicted molar refractivity (Wildman–Crippen MR) is 108 cm³/mol. The molecule has 9 heteroatoms. The standard InChI is InChI=1S/C20H21N5O4/c1-13(2)21-20(28)24(3)14-8-10-15(11-9-14)29-18(26)12-25-19(27)16-6-4-5-7-17(16)22-23-25/h4-11,13H,12H2,1-3H3,(H,21,28). The van der Waals surface area contributed by atoms with E-state index in [1.54, 1.807) is 55.6 Å². The summed E-state index contributed by atoms with van der Waals surface area (Å²) < 4.78 is 6.22. The maximum atomic E-state index is 12.4. The molecule has 1 aromatic heterocycles. The number of benzene rings is 2. The number of rotatable bonds is 5. The Bertz CT molecular complexity index is 1090. The molecule has 0 saturated heterocycles. The second kappa shape index (κ2) is 8.51. The number of ether oxygens (including phenoxy) is 1. The number of nitrogens with one attached hydrogen (secondary N) is 1. The molecule has 0 bridgehead atoms. The zero-order valence-corrected chi connectivity index (χ0v) is 16.3. The zero-order chi connectivity index (χ0) is 21.0. The van der Waals surface area contributed by atoms with Crippen LogP contribution in [0.1, 0.15) is 13.8 Å². The summed E-state index contributed by atoms with van der Waals surface area (Å²) in [6.45, 7) is 3.38. The van der Waals surface area contributed by atoms with E-state index in [2.05, 4.69) is 15.6 Å². The van der Waals surface area contributed by atoms with Crippen LogP contribution in [0.3, 0.4) is 0 Å². The van der Waals surface area contributed by atoms with Gasteiger partial charge >= 0.3 is 12.0 Å². The summed E-state index contributed by atoms with van der Waals surface area (Å²) in [6.07, 6.45) is 0. The van der Waals surface area contributed by atoms with Gasteiger partial charge in [0.15, 0.2) is 0 Å². The smallest absolute Gasteiger partial charge is 0.333 e. The second-order valence-electron chi connectivity index (χ2n) is 6.70. The number of carbonyl (C=O) groups excluding carboxylic acids is 2. The Hall–Kier alpha value is -3.75. The minimum absolute atomic E-state index is 0.0202. The van der Waals surface area contributed by atoms with Crippen LogP contribution in [-0.2, 0) is 11.3 Å². The van der Waals surface area contributed by atoms with Crippen molar-refractivity contribution in [2.45, 2.75) is 26.4 Å². The lowest BCUT2D eigenvalue weighted by molar-refractivity contribution is -0.135. The number of hydrogen-bond donors (Lipinski definition) is 1. The normalized spacial score (nSPS) is 10.8. The first-order valence-corrected chi connectivity index (χ1v) is 9.02. The van der Waals surface area contributed by atoms with Crippen molar-refractivity contribution in [2.24, 2.45) is 0 Å². The lowest BCUT2D eigenvalue weighted by atomic mass is 10.2. The van der Waals surface area contributed by atoms with E-state index >= 15 is 0 Å². The highest BCUT2D eigenvalue weighted by molar-refractivity contribution is 5.91. The van der Waals surface area contributed by atoms with E-state index < -0.39 is 11.5 Å². The third kappa shape index (κ3) is 4.75. The number of fused-ring (bicyclic) bond motifs is 1. The van der Waals surface area contributed by atoms with E-state index in [1.807, 2.05) is 13.8 Å². The molecule has 0 unspecified atom stereocenters. The molecule has 1 heterocycles. The molecule has 0 aliphatic carbocycles. The van der Waals surface area contributed by atoms with Crippen LogP contribution in [0.2, 0.25) is 0 Å². The van der Waals surface area contributed by atoms with E-state index in [0.29, 0.717) is 22.3 Å². The Morgan fingerprint density at radius 2 is 1.83 bits per heavy atom. The number of aromatic nitrogens is 3. The molecule has 1 N–H and O–H groups in total. The topological polar surface area (TPSA) is 106 Å². The van der Waals surface area contributed by atoms with Crippen LogP contribution in [0, 0.1) is 0 Å². The fraction of sp³-hybridized carbons (Fsp3) is 0.250. The van der Waals surface area contributed by atoms with Crippen molar-refractivity contribution in [2.75, 3.05) is 11.9 Å². The summed E-state index contributed by atoms with van der Waals surface area (Å²) in [6, 6.07) is 13.0. The van der Waals surface area contributed by atoms with Gasteiger partial charge in [-0.15, -0.1) is 5.10 Å². The number of urea groups is 1. The fourth-order valence-electron chi connectivity index (χ4n) is 2.61. The average molecular weight is 395 g/mol. The van der Waals surface area contributed by atoms with Crippen LogP contribution < -0.4 is 20.5 Å². The lowest BCUT2D eigenvalue weighted by Gasteiger charge is -2.20. The molecule has 0 aliphatic rings. The number of amides is 2. The maximum Gasteiger partial charge on any atom is 0.333 e. The van der Waals surface area contributed by atoms with Gasteiger partial charge in [-0.25, -0.2) is 9.59 Å². The van der Waals surface area contributed by atoms with Gasteiger partial charge in [-0.3, -0.25) is 9.69 Å². The zero-order valence-electron chi connectivity index (χ0n) is 16.3. The Morgan fingerprint density at radius 1 is 1.14 bits per heavy atom. The molecule has 2 aromatic carbocycles. The van der Waals surface area contributed by atoms with Gasteiger partial charge in [-0.05, 0) is 50.2 Å². The van der Waals surface area contributed by atoms with E-state index in [4.69, 9.17) is 4.74 Å². The first-order chi connectivity index (χ1) is 13.8. The van der Waals surface area contributed by atoms with E-state index in [9.17, 15) is 14.4 Å². The molecular weight excluding hydrogens is 374 g/mol. The number of nitrogens with zero attached hydrogens (tertiary/aromatic N) is 4. The molecule has 2 amide bonds. The minimum Gasteiger partial charge on any atom is -0.425 e. The average Bonchev–Trinajstić information content (AvgIpc) is 2.70. The monoisotopic (exact) mass is 395 g/mol. The highest BCUT2D eigenvalue weighted by Crippen LogP contribution is 2.19. The molecule has 3 aromatic rings. The number of anilines is 1. The molecule has 150 valence electrons. The van der Waals surface area contributed by atoms with E-state index in [1.165, 1.54) is 4.90 Å². The van der Waals surface area contributed by atoms with E-state index in [-0.39, 0.29) is 18.6 Å². The molecule has 3 rings (SSSR count). The van der Waals surface area contributed by atoms with Crippen molar-refractivity contribution in [1.29, 1.82) is 0 Å². The molecule has 0 saturated carbocycles. The fourth-order valence-corrected chi connectivity index (χ4v) is 2.61. The van der Waals surface area contributed by atoms with Gasteiger partial charge in [0.05, 0.1) is 5.39 Å². The van der Waals surface area contributed by atoms with Gasteiger partial charge in [0.2, 0.25) is 0 Å². The summed E-state index contributed by atoms with van der Waals surface area (Å²) in [5, 5.41) is 10.9. The first-order valence-electron chi connectivity index (χ1n) is 9.02. The van der Waals surface area contributed by atoms with Crippen molar-refractivity contribution in [3.63, 3.8) is 0 Å². The highest BCUT2D eigenvalue weighted by atomic mass is 16.5. The van der Waals surface area contributed by atoms with Crippen molar-refractivity contribution >= 4 is 28.6 Å². The SMILES string of the molecule is CC(C)NC(=O)N(C)c1ccc(OC(=O)Cn2nnc3ccccc3c2=O)cc1. The Labute approximate surface area is 166 Å². The van der Waals surface area contributed by atoms with Crippen LogP contribution in [0.25, 0.3) is 10.9 Å². The van der Waals surface area contributed by atoms with Gasteiger partial charge in [-0.1, -0.05) is 17.3 Å². The molecular formula is C20H21N5O4. The maximum absolute atomic E-state index is 12.4. The quantitative estimate of drug-likeness (QED) is 0.523. The highest BCUT2D eigenvalue weighted by Gasteiger charge is 2.14. The number of hydrogen-bond acceptors (Lipinski definition) is 6. The molecule has 29 heavy (non-hydrogen) atoms. The van der Waals surface area contributed by atoms with Crippen LogP contribution in [-0.4, -0.2) is 40.1 Å². The molecule has 0 aliphatic heterocycles. The summed E-state index contributed by atoms with van der Waals surface area (Å²) in [4.78, 5) is 38.1. The van der Waals surface area contributed by atoms with Gasteiger partial charge < -0.3 is 10.1 Å². The molecule has 0 radical (unpaired) electrons. The second-order valence-corrected chi connectivity index (χ2v) is 6.70. The van der Waals surface area contributed by atoms with Gasteiger partial charge in [0.1, 0.15) is 17.8 Å². The number of esters is 1. The lowest BCUT2D eigenvalue weighted by Crippen LogP contribution is -2.40. The van der Waals surface area contributed by atoms with Gasteiger partial charge in [0, 0.05) is 18.8 Å². The summed E-state index contributed by atoms with van der Waals surface area (Å²) in [7, 11) is 1.64. The predicted octanol–water partition coefficient (Wildman–Crippen LogP) is 1.95. The van der Waals surface area contributed by atoms with E-state index in [0.717, 1.165) is 4.68 Å². The largest absolute Gasteiger partial charge is 0.425 e. The summed E-state index contributed by atoms with van der Waals surface area (Å²) >= 11 is 0. The van der Waals surface area contributed by atoms with Crippen molar-refractivity contribution in [3.05, 3.63) is 58.9 Å². The Balaban J connectivity index is 1.66. The molecule has 9 nitrogen and oxygen atoms in total. The van der Waals surface area contributed by atoms with Gasteiger partial charge in [-0.2, -0.15) is 4.68 Å². The van der Waals surface area contributed by atoms with Gasteiger partial charge in [0.25, 0.3) is 5.56 Å². The Kier molecular flexibility index (Phi) is 5.87. The molecule has 0 spiro atoms. The van der Waals surface area contributed by atoms with Crippen LogP contribution in [0.4, 0.5) is 10.5 Å². The third-order valence-corrected chi connectivity index (χ3v) is 4.08. The third-order valence-electron chi connectivity index (χ3n) is 4.08. The summed E-state index contributed by atoms with van der Waals surface area (Å²) in [5.41, 5.74) is 0.684. The van der Waals surface area contributed by atoms with Crippen LogP contribution in [0.5, 0.6) is 5.75 Å². The number of carbonyl (C=O) groups is 2. The Morgan fingerprint density at radius 3 is 2.52 bits per heavy atom. The summed E-state index contributed by atoms with van der Waals surface area (Å²) in [5.74, 6) is -0.367.